The second-order valence-electron chi connectivity index (χ2n) is 7.96. The zero-order valence-electron chi connectivity index (χ0n) is 19.3. The summed E-state index contributed by atoms with van der Waals surface area (Å²) >= 11 is 0. The molecule has 2 heterocycles. The van der Waals surface area contributed by atoms with Crippen LogP contribution in [-0.4, -0.2) is 103 Å². The van der Waals surface area contributed by atoms with E-state index < -0.39 is 72.6 Å². The van der Waals surface area contributed by atoms with Crippen LogP contribution in [0.5, 0.6) is 0 Å². The highest BCUT2D eigenvalue weighted by molar-refractivity contribution is 5.39. The van der Waals surface area contributed by atoms with Crippen molar-refractivity contribution in [1.29, 1.82) is 0 Å². The maximum absolute atomic E-state index is 11.7. The molecule has 35 heavy (non-hydrogen) atoms. The number of hydrogen-bond donors (Lipinski definition) is 6. The Kier molecular flexibility index (Phi) is 8.88. The van der Waals surface area contributed by atoms with Crippen molar-refractivity contribution in [3.8, 4) is 0 Å². The molecule has 2 saturated heterocycles. The number of rotatable bonds is 13. The fraction of sp³-hybridized carbons (Fsp3) is 0.500. The van der Waals surface area contributed by atoms with Gasteiger partial charge in [-0.1, -0.05) is 45.5 Å². The molecular formula is C24H34O11. The summed E-state index contributed by atoms with van der Waals surface area (Å²) in [6, 6.07) is 0. The Morgan fingerprint density at radius 3 is 1.91 bits per heavy atom. The molecule has 0 unspecified atom stereocenters. The molecule has 0 amide bonds. The van der Waals surface area contributed by atoms with E-state index in [4.69, 9.17) is 23.7 Å². The number of ether oxygens (including phenoxy) is 5. The molecule has 0 saturated carbocycles. The summed E-state index contributed by atoms with van der Waals surface area (Å²) in [6.45, 7) is 20.4. The normalized spacial score (nSPS) is 41.4. The third-order valence-electron chi connectivity index (χ3n) is 6.45. The minimum absolute atomic E-state index is 0.749. The summed E-state index contributed by atoms with van der Waals surface area (Å²) in [4.78, 5) is 0. The molecule has 2 rings (SSSR count). The highest BCUT2D eigenvalue weighted by Crippen LogP contribution is 2.58. The Morgan fingerprint density at radius 1 is 0.857 bits per heavy atom. The van der Waals surface area contributed by atoms with Crippen LogP contribution in [0.1, 0.15) is 0 Å². The van der Waals surface area contributed by atoms with Gasteiger partial charge in [0.25, 0.3) is 5.79 Å². The largest absolute Gasteiger partial charge is 0.482 e. The fourth-order valence-electron chi connectivity index (χ4n) is 4.57. The lowest BCUT2D eigenvalue weighted by Crippen LogP contribution is -2.74. The number of aliphatic hydroxyl groups excluding tert-OH is 5. The Labute approximate surface area is 203 Å². The van der Waals surface area contributed by atoms with E-state index in [9.17, 15) is 30.6 Å². The molecule has 11 nitrogen and oxygen atoms in total. The van der Waals surface area contributed by atoms with Gasteiger partial charge in [-0.15, -0.1) is 0 Å². The topological polar surface area (TPSA) is 168 Å². The molecule has 0 bridgehead atoms. The van der Waals surface area contributed by atoms with E-state index in [-0.39, 0.29) is 0 Å². The van der Waals surface area contributed by atoms with E-state index >= 15 is 0 Å². The van der Waals surface area contributed by atoms with Crippen molar-refractivity contribution in [2.24, 2.45) is 0 Å². The molecule has 0 radical (unpaired) electrons. The smallest absolute Gasteiger partial charge is 0.267 e. The van der Waals surface area contributed by atoms with Gasteiger partial charge in [-0.05, 0) is 18.2 Å². The summed E-state index contributed by atoms with van der Waals surface area (Å²) < 4.78 is 29.3. The zero-order valence-corrected chi connectivity index (χ0v) is 19.3. The van der Waals surface area contributed by atoms with E-state index in [2.05, 4.69) is 39.5 Å². The quantitative estimate of drug-likeness (QED) is 0.138. The lowest BCUT2D eigenvalue weighted by molar-refractivity contribution is -0.411. The summed E-state index contributed by atoms with van der Waals surface area (Å²) in [6.07, 6.45) is -3.73. The van der Waals surface area contributed by atoms with Gasteiger partial charge in [0.15, 0.2) is 11.9 Å². The first-order chi connectivity index (χ1) is 16.5. The molecular weight excluding hydrogens is 464 g/mol. The minimum atomic E-state index is -2.50. The van der Waals surface area contributed by atoms with Crippen LogP contribution in [0.2, 0.25) is 0 Å². The van der Waals surface area contributed by atoms with Crippen molar-refractivity contribution in [2.45, 2.75) is 59.4 Å². The van der Waals surface area contributed by atoms with E-state index in [1.54, 1.807) is 0 Å². The average molecular weight is 499 g/mol. The van der Waals surface area contributed by atoms with Gasteiger partial charge in [-0.3, -0.25) is 0 Å². The molecule has 6 N–H and O–H groups in total. The molecule has 0 spiro atoms. The van der Waals surface area contributed by atoms with Crippen molar-refractivity contribution in [1.82, 2.24) is 0 Å². The van der Waals surface area contributed by atoms with Crippen molar-refractivity contribution in [3.05, 3.63) is 76.3 Å². The Hall–Kier alpha value is -2.32. The van der Waals surface area contributed by atoms with E-state index in [0.29, 0.717) is 0 Å². The summed E-state index contributed by atoms with van der Waals surface area (Å²) in [5, 5.41) is 62.6. The zero-order chi connectivity index (χ0) is 26.7. The molecule has 2 aliphatic rings. The SMILES string of the molecule is C=COC(C=C)(C=C)[C@@]1(O[C@H]2O[C@H](CO)[C@@H](O)[C@H](O)[C@H]2O)O[C@H](CO)[C@](O)(C=C)[C@]1(C=C)OC=C. The predicted octanol–water partition coefficient (Wildman–Crippen LogP) is -0.837. The third kappa shape index (κ3) is 3.89. The van der Waals surface area contributed by atoms with Gasteiger partial charge in [-0.2, -0.15) is 0 Å². The first-order valence-corrected chi connectivity index (χ1v) is 10.7. The van der Waals surface area contributed by atoms with Gasteiger partial charge in [-0.25, -0.2) is 0 Å². The van der Waals surface area contributed by atoms with Crippen LogP contribution in [0.4, 0.5) is 0 Å². The van der Waals surface area contributed by atoms with Crippen LogP contribution >= 0.6 is 0 Å². The number of hydrogen-bond acceptors (Lipinski definition) is 11. The monoisotopic (exact) mass is 498 g/mol. The van der Waals surface area contributed by atoms with Gasteiger partial charge in [0.05, 0.1) is 25.7 Å². The maximum Gasteiger partial charge on any atom is 0.267 e. The molecule has 11 heteroatoms. The third-order valence-corrected chi connectivity index (χ3v) is 6.45. The predicted molar refractivity (Wildman–Crippen MR) is 123 cm³/mol. The molecule has 0 aromatic rings. The van der Waals surface area contributed by atoms with E-state index in [1.165, 1.54) is 12.2 Å². The molecule has 2 aliphatic heterocycles. The standard InChI is InChI=1S/C24H34O11/c1-7-21(8-2,31-11-5)24(35-20-19(29)18(28)17(27)15(13-25)33-20)23(10-4,32-12-6)22(30,9-3)16(14-26)34-24/h7-12,15-20,25-30H,1-6,13-14H2/t15-,16-,17-,18+,19-,20-,22-,23+,24+/m1/s1. The van der Waals surface area contributed by atoms with Gasteiger partial charge < -0.3 is 54.3 Å². The molecule has 196 valence electrons. The molecule has 9 atom stereocenters. The van der Waals surface area contributed by atoms with Crippen LogP contribution in [-0.2, 0) is 23.7 Å². The Bertz CT molecular complexity index is 820. The summed E-state index contributed by atoms with van der Waals surface area (Å²) in [5.41, 5.74) is -6.56. The maximum atomic E-state index is 11.7. The highest BCUT2D eigenvalue weighted by Gasteiger charge is 2.81. The second-order valence-corrected chi connectivity index (χ2v) is 7.96. The molecule has 2 fully saturated rings. The van der Waals surface area contributed by atoms with Crippen LogP contribution in [0.15, 0.2) is 76.3 Å². The average Bonchev–Trinajstić information content (AvgIpc) is 3.08. The van der Waals surface area contributed by atoms with Crippen molar-refractivity contribution in [3.63, 3.8) is 0 Å². The van der Waals surface area contributed by atoms with Gasteiger partial charge in [0.1, 0.15) is 30.5 Å². The first-order valence-electron chi connectivity index (χ1n) is 10.7. The van der Waals surface area contributed by atoms with E-state index in [1.807, 2.05) is 0 Å². The lowest BCUT2D eigenvalue weighted by Gasteiger charge is -2.53. The van der Waals surface area contributed by atoms with Gasteiger partial charge in [0, 0.05) is 0 Å². The summed E-state index contributed by atoms with van der Waals surface area (Å²) in [7, 11) is 0. The number of aliphatic hydroxyl groups is 6. The molecule has 0 aromatic heterocycles. The molecule has 0 aromatic carbocycles. The van der Waals surface area contributed by atoms with Crippen molar-refractivity contribution < 1.29 is 54.3 Å². The van der Waals surface area contributed by atoms with Crippen molar-refractivity contribution in [2.75, 3.05) is 13.2 Å². The van der Waals surface area contributed by atoms with Gasteiger partial charge in [0.2, 0.25) is 11.2 Å². The lowest BCUT2D eigenvalue weighted by atomic mass is 9.70. The highest BCUT2D eigenvalue weighted by atomic mass is 16.8. The van der Waals surface area contributed by atoms with Crippen LogP contribution in [0.25, 0.3) is 0 Å². The Morgan fingerprint density at radius 2 is 1.49 bits per heavy atom. The summed E-state index contributed by atoms with van der Waals surface area (Å²) in [5.74, 6) is -2.50. The van der Waals surface area contributed by atoms with Crippen molar-refractivity contribution >= 4 is 0 Å². The Balaban J connectivity index is 2.92. The van der Waals surface area contributed by atoms with Crippen LogP contribution < -0.4 is 0 Å². The minimum Gasteiger partial charge on any atom is -0.482 e. The van der Waals surface area contributed by atoms with E-state index in [0.717, 1.165) is 24.7 Å². The van der Waals surface area contributed by atoms with Crippen LogP contribution in [0.3, 0.4) is 0 Å². The van der Waals surface area contributed by atoms with Gasteiger partial charge >= 0.3 is 0 Å². The fourth-order valence-corrected chi connectivity index (χ4v) is 4.57. The van der Waals surface area contributed by atoms with Crippen LogP contribution in [0, 0.1) is 0 Å². The first kappa shape index (κ1) is 28.9. The second kappa shape index (κ2) is 10.7. The molecule has 0 aliphatic carbocycles.